The van der Waals surface area contributed by atoms with Crippen LogP contribution in [0.3, 0.4) is 0 Å². The van der Waals surface area contributed by atoms with Gasteiger partial charge >= 0.3 is 0 Å². The van der Waals surface area contributed by atoms with Crippen LogP contribution in [-0.2, 0) is 0 Å². The minimum Gasteiger partial charge on any atom is -0.397 e. The van der Waals surface area contributed by atoms with Crippen molar-refractivity contribution in [2.45, 2.75) is 45.1 Å². The van der Waals surface area contributed by atoms with Crippen molar-refractivity contribution in [3.8, 4) is 0 Å². The summed E-state index contributed by atoms with van der Waals surface area (Å²) in [5, 5.41) is 13.1. The van der Waals surface area contributed by atoms with Gasteiger partial charge in [0.1, 0.15) is 5.82 Å². The molecule has 0 bridgehead atoms. The molecule has 19 heavy (non-hydrogen) atoms. The van der Waals surface area contributed by atoms with E-state index in [0.717, 1.165) is 24.9 Å². The molecule has 0 aliphatic heterocycles. The highest BCUT2D eigenvalue weighted by atomic mass is 19.1. The fraction of sp³-hybridized carbons (Fsp3) is 0.600. The zero-order chi connectivity index (χ0) is 14.0. The molecule has 2 unspecified atom stereocenters. The van der Waals surface area contributed by atoms with Crippen molar-refractivity contribution in [3.63, 3.8) is 0 Å². The van der Waals surface area contributed by atoms with Crippen LogP contribution in [0.4, 0.5) is 15.8 Å². The molecule has 1 aromatic carbocycles. The van der Waals surface area contributed by atoms with Gasteiger partial charge in [-0.3, -0.25) is 0 Å². The number of aryl methyl sites for hydroxylation is 1. The standard InChI is InChI=1S/C15H23FN2O/c1-10-4-3-5-15(8-10,9-19)18-14-6-11(2)12(16)7-13(14)17/h6-7,10,18-19H,3-5,8-9,17H2,1-2H3. The van der Waals surface area contributed by atoms with Crippen molar-refractivity contribution >= 4 is 11.4 Å². The fourth-order valence-electron chi connectivity index (χ4n) is 3.05. The smallest absolute Gasteiger partial charge is 0.128 e. The van der Waals surface area contributed by atoms with Gasteiger partial charge in [-0.2, -0.15) is 0 Å². The molecule has 3 nitrogen and oxygen atoms in total. The first kappa shape index (κ1) is 14.1. The Bertz CT molecular complexity index is 464. The summed E-state index contributed by atoms with van der Waals surface area (Å²) in [5.41, 5.74) is 7.23. The Morgan fingerprint density at radius 2 is 2.26 bits per heavy atom. The monoisotopic (exact) mass is 266 g/mol. The highest BCUT2D eigenvalue weighted by Crippen LogP contribution is 2.36. The molecular weight excluding hydrogens is 243 g/mol. The van der Waals surface area contributed by atoms with Gasteiger partial charge in [0.05, 0.1) is 23.5 Å². The Morgan fingerprint density at radius 3 is 2.89 bits per heavy atom. The average molecular weight is 266 g/mol. The molecule has 1 fully saturated rings. The van der Waals surface area contributed by atoms with Crippen molar-refractivity contribution in [2.24, 2.45) is 5.92 Å². The van der Waals surface area contributed by atoms with E-state index in [9.17, 15) is 9.50 Å². The molecule has 2 rings (SSSR count). The normalized spacial score (nSPS) is 27.3. The molecule has 4 N–H and O–H groups in total. The molecule has 0 aromatic heterocycles. The van der Waals surface area contributed by atoms with E-state index in [0.29, 0.717) is 17.2 Å². The molecule has 106 valence electrons. The summed E-state index contributed by atoms with van der Waals surface area (Å²) in [6.45, 7) is 3.99. The number of benzene rings is 1. The third-order valence-electron chi connectivity index (χ3n) is 4.12. The summed E-state index contributed by atoms with van der Waals surface area (Å²) in [6, 6.07) is 3.07. The highest BCUT2D eigenvalue weighted by molar-refractivity contribution is 5.68. The second-order valence-electron chi connectivity index (χ2n) is 5.95. The van der Waals surface area contributed by atoms with Crippen molar-refractivity contribution in [3.05, 3.63) is 23.5 Å². The number of aliphatic hydroxyl groups excluding tert-OH is 1. The lowest BCUT2D eigenvalue weighted by atomic mass is 9.76. The van der Waals surface area contributed by atoms with Gasteiger partial charge in [-0.25, -0.2) is 4.39 Å². The molecule has 2 atom stereocenters. The first-order valence-corrected chi connectivity index (χ1v) is 6.90. The van der Waals surface area contributed by atoms with Gasteiger partial charge in [-0.15, -0.1) is 0 Å². The first-order chi connectivity index (χ1) is 8.96. The van der Waals surface area contributed by atoms with Gasteiger partial charge in [0.2, 0.25) is 0 Å². The maximum Gasteiger partial charge on any atom is 0.128 e. The SMILES string of the molecule is Cc1cc(NC2(CO)CCCC(C)C2)c(N)cc1F. The molecule has 0 saturated heterocycles. The molecule has 1 saturated carbocycles. The van der Waals surface area contributed by atoms with Crippen LogP contribution in [0.5, 0.6) is 0 Å². The number of rotatable bonds is 3. The summed E-state index contributed by atoms with van der Waals surface area (Å²) >= 11 is 0. The highest BCUT2D eigenvalue weighted by Gasteiger charge is 2.34. The Kier molecular flexibility index (Phi) is 3.99. The average Bonchev–Trinajstić information content (AvgIpc) is 2.36. The minimum absolute atomic E-state index is 0.0766. The number of nitrogen functional groups attached to an aromatic ring is 1. The van der Waals surface area contributed by atoms with Gasteiger partial charge in [0.25, 0.3) is 0 Å². The van der Waals surface area contributed by atoms with Crippen LogP contribution in [0, 0.1) is 18.7 Å². The van der Waals surface area contributed by atoms with Crippen molar-refractivity contribution in [1.82, 2.24) is 0 Å². The lowest BCUT2D eigenvalue weighted by Gasteiger charge is -2.40. The minimum atomic E-state index is -0.323. The Balaban J connectivity index is 2.25. The number of hydrogen-bond donors (Lipinski definition) is 3. The number of nitrogens with two attached hydrogens (primary N) is 1. The molecule has 0 spiro atoms. The fourth-order valence-corrected chi connectivity index (χ4v) is 3.05. The van der Waals surface area contributed by atoms with Crippen LogP contribution >= 0.6 is 0 Å². The largest absolute Gasteiger partial charge is 0.397 e. The summed E-state index contributed by atoms with van der Waals surface area (Å²) in [6.07, 6.45) is 4.12. The first-order valence-electron chi connectivity index (χ1n) is 6.90. The third kappa shape index (κ3) is 3.00. The lowest BCUT2D eigenvalue weighted by Crippen LogP contribution is -2.46. The molecule has 1 aliphatic rings. The summed E-state index contributed by atoms with van der Waals surface area (Å²) in [4.78, 5) is 0. The van der Waals surface area contributed by atoms with E-state index in [-0.39, 0.29) is 18.0 Å². The van der Waals surface area contributed by atoms with Crippen LogP contribution in [-0.4, -0.2) is 17.3 Å². The maximum atomic E-state index is 13.4. The summed E-state index contributed by atoms with van der Waals surface area (Å²) < 4.78 is 13.4. The topological polar surface area (TPSA) is 58.3 Å². The van der Waals surface area contributed by atoms with Crippen LogP contribution in [0.25, 0.3) is 0 Å². The molecule has 0 amide bonds. The lowest BCUT2D eigenvalue weighted by molar-refractivity contribution is 0.149. The Morgan fingerprint density at radius 1 is 1.53 bits per heavy atom. The Hall–Kier alpha value is -1.29. The van der Waals surface area contributed by atoms with E-state index in [4.69, 9.17) is 5.73 Å². The third-order valence-corrected chi connectivity index (χ3v) is 4.12. The van der Waals surface area contributed by atoms with E-state index >= 15 is 0 Å². The van der Waals surface area contributed by atoms with Gasteiger partial charge in [-0.1, -0.05) is 19.8 Å². The molecule has 1 aliphatic carbocycles. The molecule has 0 radical (unpaired) electrons. The van der Waals surface area contributed by atoms with Crippen LogP contribution < -0.4 is 11.1 Å². The quantitative estimate of drug-likeness (QED) is 0.737. The second-order valence-corrected chi connectivity index (χ2v) is 5.95. The number of aliphatic hydroxyl groups is 1. The van der Waals surface area contributed by atoms with Gasteiger partial charge < -0.3 is 16.2 Å². The zero-order valence-electron chi connectivity index (χ0n) is 11.7. The van der Waals surface area contributed by atoms with Crippen molar-refractivity contribution in [2.75, 3.05) is 17.7 Å². The van der Waals surface area contributed by atoms with Gasteiger partial charge in [-0.05, 0) is 43.4 Å². The van der Waals surface area contributed by atoms with Crippen LogP contribution in [0.15, 0.2) is 12.1 Å². The molecule has 1 aromatic rings. The summed E-state index contributed by atoms with van der Waals surface area (Å²) in [7, 11) is 0. The predicted octanol–water partition coefficient (Wildman–Crippen LogP) is 3.07. The van der Waals surface area contributed by atoms with E-state index < -0.39 is 0 Å². The van der Waals surface area contributed by atoms with Crippen LogP contribution in [0.2, 0.25) is 0 Å². The zero-order valence-corrected chi connectivity index (χ0v) is 11.7. The number of anilines is 2. The Labute approximate surface area is 114 Å². The number of halogens is 1. The molecular formula is C15H23FN2O. The predicted molar refractivity (Wildman–Crippen MR) is 76.6 cm³/mol. The second kappa shape index (κ2) is 5.37. The van der Waals surface area contributed by atoms with E-state index in [1.807, 2.05) is 0 Å². The van der Waals surface area contributed by atoms with E-state index in [1.165, 1.54) is 12.5 Å². The van der Waals surface area contributed by atoms with Crippen molar-refractivity contribution in [1.29, 1.82) is 0 Å². The molecule has 4 heteroatoms. The number of hydrogen-bond acceptors (Lipinski definition) is 3. The van der Waals surface area contributed by atoms with Gasteiger partial charge in [0, 0.05) is 0 Å². The van der Waals surface area contributed by atoms with Gasteiger partial charge in [0.15, 0.2) is 0 Å². The number of nitrogens with one attached hydrogen (secondary N) is 1. The van der Waals surface area contributed by atoms with Crippen molar-refractivity contribution < 1.29 is 9.50 Å². The summed E-state index contributed by atoms with van der Waals surface area (Å²) in [5.74, 6) is 0.286. The maximum absolute atomic E-state index is 13.4. The van der Waals surface area contributed by atoms with Crippen LogP contribution in [0.1, 0.15) is 38.2 Å². The van der Waals surface area contributed by atoms with E-state index in [1.54, 1.807) is 13.0 Å². The molecule has 0 heterocycles. The van der Waals surface area contributed by atoms with E-state index in [2.05, 4.69) is 12.2 Å².